The Balaban J connectivity index is 1.78. The van der Waals surface area contributed by atoms with E-state index in [1.165, 1.54) is 0 Å². The molecule has 0 radical (unpaired) electrons. The van der Waals surface area contributed by atoms with Crippen LogP contribution in [0.25, 0.3) is 0 Å². The molecule has 33 heavy (non-hydrogen) atoms. The van der Waals surface area contributed by atoms with E-state index in [2.05, 4.69) is 13.8 Å². The van der Waals surface area contributed by atoms with Crippen molar-refractivity contribution in [2.24, 2.45) is 28.6 Å². The fourth-order valence-electron chi connectivity index (χ4n) is 8.06. The van der Waals surface area contributed by atoms with Crippen LogP contribution in [0.15, 0.2) is 23.8 Å². The van der Waals surface area contributed by atoms with Gasteiger partial charge in [-0.1, -0.05) is 45.8 Å². The van der Waals surface area contributed by atoms with Crippen LogP contribution in [0.4, 0.5) is 0 Å². The average molecular weight is 495 g/mol. The third-order valence-electron chi connectivity index (χ3n) is 9.67. The molecule has 0 aliphatic heterocycles. The molecule has 0 aromatic heterocycles. The second kappa shape index (κ2) is 8.22. The number of ether oxygens (including phenoxy) is 1. The van der Waals surface area contributed by atoms with Crippen LogP contribution in [0.5, 0.6) is 0 Å². The van der Waals surface area contributed by atoms with Gasteiger partial charge in [-0.05, 0) is 63.0 Å². The van der Waals surface area contributed by atoms with Crippen molar-refractivity contribution in [2.45, 2.75) is 95.4 Å². The summed E-state index contributed by atoms with van der Waals surface area (Å²) < 4.78 is 6.19. The lowest BCUT2D eigenvalue weighted by Gasteiger charge is -2.64. The highest BCUT2D eigenvalue weighted by Crippen LogP contribution is 2.72. The number of hydrogen-bond donors (Lipinski definition) is 0. The molecule has 0 bridgehead atoms. The fourth-order valence-corrected chi connectivity index (χ4v) is 9.29. The highest BCUT2D eigenvalue weighted by Gasteiger charge is 2.75. The number of Topliss-reactive ketones (excluding diaryl/α,β-unsaturated/α-hetero) is 1. The molecule has 0 amide bonds. The summed E-state index contributed by atoms with van der Waals surface area (Å²) in [6.07, 6.45) is 10.1. The van der Waals surface area contributed by atoms with Gasteiger partial charge in [0, 0.05) is 23.2 Å². The van der Waals surface area contributed by atoms with E-state index in [9.17, 15) is 14.4 Å². The molecule has 4 aliphatic carbocycles. The maximum atomic E-state index is 13.3. The number of ketones is 2. The summed E-state index contributed by atoms with van der Waals surface area (Å²) in [7, 11) is 0. The van der Waals surface area contributed by atoms with Crippen LogP contribution in [0, 0.1) is 28.6 Å². The summed E-state index contributed by atoms with van der Waals surface area (Å²) in [6.45, 7) is 9.81. The van der Waals surface area contributed by atoms with E-state index in [-0.39, 0.29) is 35.3 Å². The highest BCUT2D eigenvalue weighted by atomic mass is 35.5. The first-order valence-electron chi connectivity index (χ1n) is 12.4. The third-order valence-corrected chi connectivity index (χ3v) is 11.2. The molecule has 0 N–H and O–H groups in total. The summed E-state index contributed by atoms with van der Waals surface area (Å²) in [5.74, 6) is -0.389. The smallest absolute Gasteiger partial charge is 0.306 e. The van der Waals surface area contributed by atoms with Crippen molar-refractivity contribution in [2.75, 3.05) is 0 Å². The predicted octanol–water partition coefficient (Wildman–Crippen LogP) is 6.18. The van der Waals surface area contributed by atoms with Crippen LogP contribution < -0.4 is 0 Å². The lowest BCUT2D eigenvalue weighted by molar-refractivity contribution is -0.192. The summed E-state index contributed by atoms with van der Waals surface area (Å²) >= 11 is 14.8. The molecular weight excluding hydrogens is 459 g/mol. The Kier molecular flexibility index (Phi) is 6.22. The minimum atomic E-state index is -1.19. The van der Waals surface area contributed by atoms with E-state index < -0.39 is 26.7 Å². The molecule has 0 saturated heterocycles. The molecule has 0 aromatic rings. The lowest BCUT2D eigenvalue weighted by atomic mass is 9.46. The maximum Gasteiger partial charge on any atom is 0.306 e. The van der Waals surface area contributed by atoms with E-state index >= 15 is 0 Å². The molecule has 0 aromatic carbocycles. The Morgan fingerprint density at radius 2 is 1.94 bits per heavy atom. The number of carbonyl (C=O) groups is 3. The zero-order chi connectivity index (χ0) is 24.4. The van der Waals surface area contributed by atoms with Gasteiger partial charge in [-0.3, -0.25) is 14.4 Å². The van der Waals surface area contributed by atoms with E-state index in [0.717, 1.165) is 37.7 Å². The normalized spacial score (nSPS) is 46.2. The first-order chi connectivity index (χ1) is 15.4. The van der Waals surface area contributed by atoms with Crippen LogP contribution in [0.3, 0.4) is 0 Å². The number of rotatable bonds is 5. The molecule has 4 nitrogen and oxygen atoms in total. The zero-order valence-corrected chi connectivity index (χ0v) is 21.9. The molecule has 0 heterocycles. The summed E-state index contributed by atoms with van der Waals surface area (Å²) in [5, 5.41) is -0.449. The average Bonchev–Trinajstić information content (AvgIpc) is 2.96. The van der Waals surface area contributed by atoms with Crippen molar-refractivity contribution in [3.8, 4) is 0 Å². The van der Waals surface area contributed by atoms with Crippen LogP contribution in [-0.2, 0) is 19.1 Å². The highest BCUT2D eigenvalue weighted by molar-refractivity contribution is 6.34. The van der Waals surface area contributed by atoms with Gasteiger partial charge in [0.2, 0.25) is 0 Å². The van der Waals surface area contributed by atoms with Gasteiger partial charge >= 0.3 is 5.97 Å². The number of alkyl halides is 2. The second-order valence-electron chi connectivity index (χ2n) is 11.2. The van der Waals surface area contributed by atoms with Crippen LogP contribution in [0.1, 0.15) is 79.6 Å². The van der Waals surface area contributed by atoms with Crippen LogP contribution in [-0.4, -0.2) is 33.4 Å². The van der Waals surface area contributed by atoms with E-state index in [4.69, 9.17) is 27.9 Å². The van der Waals surface area contributed by atoms with Gasteiger partial charge in [0.05, 0.1) is 10.3 Å². The van der Waals surface area contributed by atoms with E-state index in [1.807, 2.05) is 19.9 Å². The number of allylic oxidation sites excluding steroid dienone is 4. The first-order valence-corrected chi connectivity index (χ1v) is 13.2. The summed E-state index contributed by atoms with van der Waals surface area (Å²) in [4.78, 5) is 37.5. The predicted molar refractivity (Wildman–Crippen MR) is 130 cm³/mol. The van der Waals surface area contributed by atoms with Crippen molar-refractivity contribution in [3.63, 3.8) is 0 Å². The molecule has 182 valence electrons. The van der Waals surface area contributed by atoms with Gasteiger partial charge < -0.3 is 4.74 Å². The van der Waals surface area contributed by atoms with Crippen molar-refractivity contribution >= 4 is 40.7 Å². The Hall–Kier alpha value is -1.13. The van der Waals surface area contributed by atoms with Crippen molar-refractivity contribution in [1.82, 2.24) is 0 Å². The Bertz CT molecular complexity index is 940. The van der Waals surface area contributed by atoms with Gasteiger partial charge in [-0.25, -0.2) is 0 Å². The van der Waals surface area contributed by atoms with Gasteiger partial charge in [0.1, 0.15) is 0 Å². The van der Waals surface area contributed by atoms with Gasteiger partial charge in [-0.2, -0.15) is 0 Å². The number of hydrogen-bond acceptors (Lipinski definition) is 4. The lowest BCUT2D eigenvalue weighted by Crippen LogP contribution is -2.68. The molecule has 4 rings (SSSR count). The van der Waals surface area contributed by atoms with Gasteiger partial charge in [-0.15, -0.1) is 23.2 Å². The topological polar surface area (TPSA) is 60.4 Å². The molecule has 4 aliphatic rings. The minimum absolute atomic E-state index is 0.00274. The van der Waals surface area contributed by atoms with Gasteiger partial charge in [0.25, 0.3) is 0 Å². The fraction of sp³-hybridized carbons (Fsp3) is 0.741. The monoisotopic (exact) mass is 494 g/mol. The van der Waals surface area contributed by atoms with Crippen LogP contribution >= 0.6 is 23.2 Å². The maximum absolute atomic E-state index is 13.3. The van der Waals surface area contributed by atoms with E-state index in [1.54, 1.807) is 19.1 Å². The standard InChI is InChI=1S/C27H36Cl2O4/c1-6-7-8-23(32)33-27(17(3)30)16(2)13-21-20-10-9-18-14-19(31)11-12-24(18,4)26(20,29)22(28)15-25(21,27)5/h11-12,14,16,20-22H,6-10,13,15H2,1-5H3/t16?,20-,21-,22?,24-,25-,26-,27-/m0/s1. The minimum Gasteiger partial charge on any atom is -0.450 e. The van der Waals surface area contributed by atoms with Crippen molar-refractivity contribution < 1.29 is 19.1 Å². The van der Waals surface area contributed by atoms with Crippen LogP contribution in [0.2, 0.25) is 0 Å². The summed E-state index contributed by atoms with van der Waals surface area (Å²) in [6, 6.07) is 0. The molecule has 2 unspecified atom stereocenters. The van der Waals surface area contributed by atoms with E-state index in [0.29, 0.717) is 12.8 Å². The number of carbonyl (C=O) groups excluding carboxylic acids is 3. The molecule has 8 atom stereocenters. The second-order valence-corrected chi connectivity index (χ2v) is 12.4. The number of fused-ring (bicyclic) bond motifs is 5. The van der Waals surface area contributed by atoms with Crippen molar-refractivity contribution in [1.29, 1.82) is 0 Å². The Labute approximate surface area is 207 Å². The first kappa shape index (κ1) is 25.0. The molecular formula is C27H36Cl2O4. The number of unbranched alkanes of at least 4 members (excludes halogenated alkanes) is 1. The molecule has 0 spiro atoms. The Morgan fingerprint density at radius 1 is 1.24 bits per heavy atom. The summed E-state index contributed by atoms with van der Waals surface area (Å²) in [5.41, 5.74) is -1.27. The zero-order valence-electron chi connectivity index (χ0n) is 20.4. The Morgan fingerprint density at radius 3 is 2.58 bits per heavy atom. The molecule has 3 saturated carbocycles. The molecule has 3 fully saturated rings. The SMILES string of the molecule is CCCCC(=O)O[C@]1(C(C)=O)C(C)C[C@H]2[C@@H]3CCC4=CC(=O)C=C[C@]4(C)[C@@]3(Cl)C(Cl)C[C@@]21C. The van der Waals surface area contributed by atoms with Crippen molar-refractivity contribution in [3.05, 3.63) is 23.8 Å². The largest absolute Gasteiger partial charge is 0.450 e. The number of halogens is 2. The van der Waals surface area contributed by atoms with Gasteiger partial charge in [0.15, 0.2) is 17.2 Å². The third kappa shape index (κ3) is 3.19. The number of esters is 1. The molecule has 6 heteroatoms. The quantitative estimate of drug-likeness (QED) is 0.338.